The molecule has 19 heavy (non-hydrogen) atoms. The van der Waals surface area contributed by atoms with Gasteiger partial charge < -0.3 is 10.0 Å². The Morgan fingerprint density at radius 1 is 1.37 bits per heavy atom. The number of aromatic nitrogens is 2. The van der Waals surface area contributed by atoms with Crippen LogP contribution in [0.5, 0.6) is 0 Å². The number of hydrogen-bond donors (Lipinski definition) is 2. The number of aliphatic hydroxyl groups is 1. The number of hydrogen-bond acceptors (Lipinski definition) is 3. The van der Waals surface area contributed by atoms with Gasteiger partial charge in [0.05, 0.1) is 18.6 Å². The molecule has 2 aromatic rings. The zero-order chi connectivity index (χ0) is 13.0. The summed E-state index contributed by atoms with van der Waals surface area (Å²) in [6, 6.07) is 7.59. The van der Waals surface area contributed by atoms with Crippen LogP contribution in [0.2, 0.25) is 0 Å². The average Bonchev–Trinajstić information content (AvgIpc) is 3.14. The molecule has 1 aromatic heterocycles. The smallest absolute Gasteiger partial charge is 0.275 e. The Balaban J connectivity index is 1.58. The van der Waals surface area contributed by atoms with Crippen LogP contribution >= 0.6 is 0 Å². The van der Waals surface area contributed by atoms with Crippen molar-refractivity contribution in [3.8, 4) is 0 Å². The molecule has 1 aliphatic carbocycles. The van der Waals surface area contributed by atoms with Gasteiger partial charge in [-0.2, -0.15) is 5.10 Å². The highest BCUT2D eigenvalue weighted by molar-refractivity contribution is 6.05. The number of carbonyl (C=O) groups excluding carboxylic acids is 1. The third-order valence-corrected chi connectivity index (χ3v) is 4.23. The summed E-state index contributed by atoms with van der Waals surface area (Å²) in [6.45, 7) is 0.884. The number of nitrogens with zero attached hydrogens (tertiary/aromatic N) is 2. The third kappa shape index (κ3) is 1.58. The van der Waals surface area contributed by atoms with Gasteiger partial charge in [0.1, 0.15) is 5.60 Å². The van der Waals surface area contributed by atoms with Gasteiger partial charge in [-0.25, -0.2) is 0 Å². The Kier molecular flexibility index (Phi) is 2.07. The van der Waals surface area contributed by atoms with E-state index in [9.17, 15) is 9.90 Å². The zero-order valence-corrected chi connectivity index (χ0v) is 10.5. The maximum Gasteiger partial charge on any atom is 0.275 e. The van der Waals surface area contributed by atoms with E-state index in [1.165, 1.54) is 0 Å². The van der Waals surface area contributed by atoms with E-state index in [0.29, 0.717) is 24.7 Å². The fourth-order valence-electron chi connectivity index (χ4n) is 2.91. The van der Waals surface area contributed by atoms with E-state index in [-0.39, 0.29) is 5.91 Å². The van der Waals surface area contributed by atoms with Crippen molar-refractivity contribution in [2.75, 3.05) is 13.1 Å². The van der Waals surface area contributed by atoms with E-state index in [0.717, 1.165) is 23.7 Å². The second kappa shape index (κ2) is 3.57. The van der Waals surface area contributed by atoms with Gasteiger partial charge in [-0.1, -0.05) is 18.2 Å². The molecule has 1 aliphatic heterocycles. The largest absolute Gasteiger partial charge is 0.386 e. The Morgan fingerprint density at radius 2 is 2.11 bits per heavy atom. The molecule has 5 heteroatoms. The summed E-state index contributed by atoms with van der Waals surface area (Å²) < 4.78 is 0. The van der Waals surface area contributed by atoms with Gasteiger partial charge in [-0.15, -0.1) is 0 Å². The van der Waals surface area contributed by atoms with Crippen molar-refractivity contribution >= 4 is 16.8 Å². The predicted octanol–water partition coefficient (Wildman–Crippen LogP) is 1.16. The van der Waals surface area contributed by atoms with E-state index >= 15 is 0 Å². The second-order valence-corrected chi connectivity index (χ2v) is 5.66. The Bertz CT molecular complexity index is 654. The highest BCUT2D eigenvalue weighted by atomic mass is 16.3. The van der Waals surface area contributed by atoms with Gasteiger partial charge in [-0.05, 0) is 24.8 Å². The minimum Gasteiger partial charge on any atom is -0.386 e. The van der Waals surface area contributed by atoms with Crippen LogP contribution in [0.25, 0.3) is 10.9 Å². The number of fused-ring (bicyclic) bond motifs is 1. The van der Waals surface area contributed by atoms with E-state index in [1.54, 1.807) is 4.90 Å². The van der Waals surface area contributed by atoms with Crippen molar-refractivity contribution in [2.45, 2.75) is 18.4 Å². The summed E-state index contributed by atoms with van der Waals surface area (Å²) in [5, 5.41) is 18.1. The standard InChI is InChI=1S/C14H15N3O2/c18-13(17-7-14(19,8-17)9-5-6-9)12-10-3-1-2-4-11(10)15-16-12/h1-4,9,19H,5-8H2,(H,15,16). The maximum absolute atomic E-state index is 12.4. The summed E-state index contributed by atoms with van der Waals surface area (Å²) in [5.41, 5.74) is 0.680. The zero-order valence-electron chi connectivity index (χ0n) is 10.5. The molecular weight excluding hydrogens is 242 g/mol. The number of likely N-dealkylation sites (tertiary alicyclic amines) is 1. The molecule has 1 saturated carbocycles. The minimum absolute atomic E-state index is 0.0947. The molecule has 98 valence electrons. The Labute approximate surface area is 110 Å². The van der Waals surface area contributed by atoms with Crippen LogP contribution in [-0.4, -0.2) is 44.8 Å². The van der Waals surface area contributed by atoms with Gasteiger partial charge in [0.25, 0.3) is 5.91 Å². The summed E-state index contributed by atoms with van der Waals surface area (Å²) in [4.78, 5) is 14.0. The lowest BCUT2D eigenvalue weighted by molar-refractivity contribution is -0.0959. The Hall–Kier alpha value is -1.88. The number of H-pyrrole nitrogens is 1. The third-order valence-electron chi connectivity index (χ3n) is 4.23. The normalized spacial score (nSPS) is 21.4. The van der Waals surface area contributed by atoms with Gasteiger partial charge in [0.2, 0.25) is 0 Å². The van der Waals surface area contributed by atoms with Crippen molar-refractivity contribution in [1.82, 2.24) is 15.1 Å². The number of amides is 1. The first-order valence-corrected chi connectivity index (χ1v) is 6.62. The van der Waals surface area contributed by atoms with Crippen LogP contribution < -0.4 is 0 Å². The summed E-state index contributed by atoms with van der Waals surface area (Å²) in [7, 11) is 0. The fraction of sp³-hybridized carbons (Fsp3) is 0.429. The van der Waals surface area contributed by atoms with Crippen LogP contribution in [0, 0.1) is 5.92 Å². The predicted molar refractivity (Wildman–Crippen MR) is 69.7 cm³/mol. The lowest BCUT2D eigenvalue weighted by Gasteiger charge is -2.46. The first kappa shape index (κ1) is 11.0. The lowest BCUT2D eigenvalue weighted by Crippen LogP contribution is -2.64. The maximum atomic E-state index is 12.4. The number of para-hydroxylation sites is 1. The lowest BCUT2D eigenvalue weighted by atomic mass is 9.88. The molecule has 5 nitrogen and oxygen atoms in total. The van der Waals surface area contributed by atoms with Gasteiger partial charge in [0.15, 0.2) is 5.69 Å². The molecule has 0 atom stereocenters. The topological polar surface area (TPSA) is 69.2 Å². The molecule has 1 saturated heterocycles. The highest BCUT2D eigenvalue weighted by Crippen LogP contribution is 2.44. The first-order valence-electron chi connectivity index (χ1n) is 6.62. The first-order chi connectivity index (χ1) is 9.17. The van der Waals surface area contributed by atoms with Crippen molar-refractivity contribution < 1.29 is 9.90 Å². The van der Waals surface area contributed by atoms with Crippen LogP contribution in [0.4, 0.5) is 0 Å². The monoisotopic (exact) mass is 257 g/mol. The molecule has 0 spiro atoms. The number of aromatic amines is 1. The van der Waals surface area contributed by atoms with Crippen molar-refractivity contribution in [3.63, 3.8) is 0 Å². The van der Waals surface area contributed by atoms with Gasteiger partial charge >= 0.3 is 0 Å². The second-order valence-electron chi connectivity index (χ2n) is 5.66. The van der Waals surface area contributed by atoms with E-state index in [1.807, 2.05) is 24.3 Å². The number of β-amino-alcohol motifs (C(OH)–C–C–N with tert-alkyl or cyclic N) is 1. The molecule has 2 heterocycles. The molecule has 2 aliphatic rings. The molecule has 1 amide bonds. The summed E-state index contributed by atoms with van der Waals surface area (Å²) >= 11 is 0. The number of carbonyl (C=O) groups is 1. The Morgan fingerprint density at radius 3 is 2.84 bits per heavy atom. The highest BCUT2D eigenvalue weighted by Gasteiger charge is 2.53. The van der Waals surface area contributed by atoms with Gasteiger partial charge in [-0.3, -0.25) is 9.89 Å². The minimum atomic E-state index is -0.637. The van der Waals surface area contributed by atoms with E-state index in [2.05, 4.69) is 10.2 Å². The van der Waals surface area contributed by atoms with Gasteiger partial charge in [0, 0.05) is 5.39 Å². The van der Waals surface area contributed by atoms with Crippen LogP contribution in [0.1, 0.15) is 23.3 Å². The average molecular weight is 257 g/mol. The fourth-order valence-corrected chi connectivity index (χ4v) is 2.91. The SMILES string of the molecule is O=C(c1n[nH]c2ccccc12)N1CC(O)(C2CC2)C1. The van der Waals surface area contributed by atoms with Crippen LogP contribution in [0.3, 0.4) is 0 Å². The molecule has 1 aromatic carbocycles. The quantitative estimate of drug-likeness (QED) is 0.848. The molecular formula is C14H15N3O2. The van der Waals surface area contributed by atoms with Crippen molar-refractivity contribution in [3.05, 3.63) is 30.0 Å². The van der Waals surface area contributed by atoms with Crippen molar-refractivity contribution in [2.24, 2.45) is 5.92 Å². The van der Waals surface area contributed by atoms with Crippen LogP contribution in [0.15, 0.2) is 24.3 Å². The molecule has 2 N–H and O–H groups in total. The number of benzene rings is 1. The molecule has 0 radical (unpaired) electrons. The summed E-state index contributed by atoms with van der Waals surface area (Å²) in [6.07, 6.45) is 2.17. The van der Waals surface area contributed by atoms with E-state index in [4.69, 9.17) is 0 Å². The van der Waals surface area contributed by atoms with Crippen LogP contribution in [-0.2, 0) is 0 Å². The summed E-state index contributed by atoms with van der Waals surface area (Å²) in [5.74, 6) is 0.301. The number of nitrogens with one attached hydrogen (secondary N) is 1. The molecule has 0 unspecified atom stereocenters. The number of rotatable bonds is 2. The van der Waals surface area contributed by atoms with E-state index < -0.39 is 5.60 Å². The van der Waals surface area contributed by atoms with Crippen molar-refractivity contribution in [1.29, 1.82) is 0 Å². The molecule has 2 fully saturated rings. The molecule has 0 bridgehead atoms. The molecule has 4 rings (SSSR count).